The van der Waals surface area contributed by atoms with Crippen molar-refractivity contribution in [1.82, 2.24) is 9.62 Å². The van der Waals surface area contributed by atoms with E-state index in [0.29, 0.717) is 25.1 Å². The van der Waals surface area contributed by atoms with Gasteiger partial charge in [0.1, 0.15) is 0 Å². The molecule has 130 valence electrons. The van der Waals surface area contributed by atoms with Crippen molar-refractivity contribution in [3.63, 3.8) is 0 Å². The molecule has 2 rings (SSSR count). The molecule has 1 saturated heterocycles. The fourth-order valence-electron chi connectivity index (χ4n) is 2.52. The number of rotatable bonds is 6. The Morgan fingerprint density at radius 3 is 2.74 bits per heavy atom. The minimum atomic E-state index is -3.89. The van der Waals surface area contributed by atoms with Gasteiger partial charge in [-0.3, -0.25) is 4.90 Å². The lowest BCUT2D eigenvalue weighted by molar-refractivity contribution is -0.0280. The number of nitrogens with one attached hydrogen (secondary N) is 1. The molecule has 1 aliphatic heterocycles. The topological polar surface area (TPSA) is 58.6 Å². The molecule has 0 amide bonds. The van der Waals surface area contributed by atoms with Gasteiger partial charge in [-0.25, -0.2) is 21.9 Å². The summed E-state index contributed by atoms with van der Waals surface area (Å²) in [5.41, 5.74) is 0. The van der Waals surface area contributed by atoms with Crippen LogP contribution in [0.5, 0.6) is 0 Å². The van der Waals surface area contributed by atoms with Gasteiger partial charge in [-0.15, -0.1) is 0 Å². The minimum absolute atomic E-state index is 0.0932. The Hall–Kier alpha value is -1.09. The van der Waals surface area contributed by atoms with Crippen LogP contribution in [0.1, 0.15) is 13.8 Å². The molecule has 1 aliphatic rings. The number of halogens is 2. The lowest BCUT2D eigenvalue weighted by Gasteiger charge is -2.33. The van der Waals surface area contributed by atoms with Crippen molar-refractivity contribution in [2.75, 3.05) is 32.8 Å². The van der Waals surface area contributed by atoms with Gasteiger partial charge in [0.15, 0.2) is 11.6 Å². The molecule has 1 aromatic rings. The summed E-state index contributed by atoms with van der Waals surface area (Å²) in [6.07, 6.45) is -0.262. The molecular formula is C15H22F2N2O3S. The zero-order valence-corrected chi connectivity index (χ0v) is 14.1. The second-order valence-corrected chi connectivity index (χ2v) is 7.84. The quantitative estimate of drug-likeness (QED) is 0.848. The van der Waals surface area contributed by atoms with E-state index in [2.05, 4.69) is 23.5 Å². The Bertz CT molecular complexity index is 638. The van der Waals surface area contributed by atoms with Gasteiger partial charge < -0.3 is 4.74 Å². The molecule has 1 unspecified atom stereocenters. The maximum Gasteiger partial charge on any atom is 0.240 e. The highest BCUT2D eigenvalue weighted by Gasteiger charge is 2.24. The normalized spacial score (nSPS) is 20.1. The third kappa shape index (κ3) is 5.20. The number of benzene rings is 1. The van der Waals surface area contributed by atoms with Crippen LogP contribution in [-0.4, -0.2) is 52.2 Å². The second-order valence-electron chi connectivity index (χ2n) is 6.07. The van der Waals surface area contributed by atoms with Crippen LogP contribution in [0.4, 0.5) is 8.78 Å². The molecule has 1 heterocycles. The van der Waals surface area contributed by atoms with Crippen molar-refractivity contribution in [1.29, 1.82) is 0 Å². The Balaban J connectivity index is 1.94. The highest BCUT2D eigenvalue weighted by atomic mass is 32.2. The van der Waals surface area contributed by atoms with Crippen molar-refractivity contribution < 1.29 is 21.9 Å². The smallest absolute Gasteiger partial charge is 0.240 e. The minimum Gasteiger partial charge on any atom is -0.374 e. The Morgan fingerprint density at radius 1 is 1.35 bits per heavy atom. The predicted octanol–water partition coefficient (Wildman–Crippen LogP) is 1.60. The molecule has 1 fully saturated rings. The van der Waals surface area contributed by atoms with Gasteiger partial charge in [0, 0.05) is 26.2 Å². The summed E-state index contributed by atoms with van der Waals surface area (Å²) in [6.45, 7) is 7.27. The van der Waals surface area contributed by atoms with E-state index in [1.54, 1.807) is 0 Å². The summed E-state index contributed by atoms with van der Waals surface area (Å²) < 4.78 is 58.3. The Labute approximate surface area is 135 Å². The van der Waals surface area contributed by atoms with E-state index in [-0.39, 0.29) is 17.5 Å². The van der Waals surface area contributed by atoms with E-state index < -0.39 is 21.7 Å². The van der Waals surface area contributed by atoms with Gasteiger partial charge in [0.25, 0.3) is 0 Å². The number of sulfonamides is 1. The number of hydrogen-bond acceptors (Lipinski definition) is 4. The summed E-state index contributed by atoms with van der Waals surface area (Å²) in [4.78, 5) is 1.93. The molecule has 0 aliphatic carbocycles. The van der Waals surface area contributed by atoms with E-state index >= 15 is 0 Å². The molecule has 5 nitrogen and oxygen atoms in total. The molecular weight excluding hydrogens is 326 g/mol. The molecule has 0 spiro atoms. The maximum absolute atomic E-state index is 13.2. The first-order valence-corrected chi connectivity index (χ1v) is 9.05. The average molecular weight is 348 g/mol. The second kappa shape index (κ2) is 7.65. The lowest BCUT2D eigenvalue weighted by Crippen LogP contribution is -2.48. The zero-order valence-electron chi connectivity index (χ0n) is 13.3. The molecule has 8 heteroatoms. The van der Waals surface area contributed by atoms with E-state index in [1.165, 1.54) is 0 Å². The first-order valence-electron chi connectivity index (χ1n) is 7.56. The number of morpholine rings is 1. The van der Waals surface area contributed by atoms with Crippen molar-refractivity contribution >= 4 is 10.0 Å². The molecule has 1 atom stereocenters. The molecule has 1 N–H and O–H groups in total. The first-order chi connectivity index (χ1) is 10.8. The fraction of sp³-hybridized carbons (Fsp3) is 0.600. The standard InChI is InChI=1S/C15H22F2N2O3S/c1-11(2)9-19-5-6-22-12(10-19)8-18-23(20,21)13-3-4-14(16)15(17)7-13/h3-4,7,11-12,18H,5-6,8-10H2,1-2H3. The van der Waals surface area contributed by atoms with Crippen LogP contribution in [0, 0.1) is 17.6 Å². The van der Waals surface area contributed by atoms with E-state index in [1.807, 2.05) is 0 Å². The third-order valence-electron chi connectivity index (χ3n) is 3.55. The summed E-state index contributed by atoms with van der Waals surface area (Å²) in [6, 6.07) is 2.50. The number of ether oxygens (including phenoxy) is 1. The van der Waals surface area contributed by atoms with Crippen LogP contribution in [0.15, 0.2) is 23.1 Å². The summed E-state index contributed by atoms with van der Waals surface area (Å²) in [7, 11) is -3.89. The van der Waals surface area contributed by atoms with Crippen LogP contribution >= 0.6 is 0 Å². The molecule has 1 aromatic carbocycles. The van der Waals surface area contributed by atoms with Gasteiger partial charge in [0.2, 0.25) is 10.0 Å². The fourth-order valence-corrected chi connectivity index (χ4v) is 3.59. The van der Waals surface area contributed by atoms with Crippen LogP contribution in [-0.2, 0) is 14.8 Å². The average Bonchev–Trinajstić information content (AvgIpc) is 2.48. The van der Waals surface area contributed by atoms with Gasteiger partial charge in [-0.2, -0.15) is 0 Å². The predicted molar refractivity (Wildman–Crippen MR) is 82.6 cm³/mol. The molecule has 0 bridgehead atoms. The third-order valence-corrected chi connectivity index (χ3v) is 4.97. The van der Waals surface area contributed by atoms with Gasteiger partial charge >= 0.3 is 0 Å². The van der Waals surface area contributed by atoms with Crippen LogP contribution in [0.3, 0.4) is 0 Å². The summed E-state index contributed by atoms with van der Waals surface area (Å²) >= 11 is 0. The highest BCUT2D eigenvalue weighted by molar-refractivity contribution is 7.89. The van der Waals surface area contributed by atoms with Gasteiger partial charge in [-0.1, -0.05) is 13.8 Å². The van der Waals surface area contributed by atoms with Gasteiger partial charge in [-0.05, 0) is 24.1 Å². The largest absolute Gasteiger partial charge is 0.374 e. The Kier molecular flexibility index (Phi) is 6.07. The maximum atomic E-state index is 13.2. The SMILES string of the molecule is CC(C)CN1CCOC(CNS(=O)(=O)c2ccc(F)c(F)c2)C1. The zero-order chi connectivity index (χ0) is 17.0. The highest BCUT2D eigenvalue weighted by Crippen LogP contribution is 2.14. The number of nitrogens with zero attached hydrogens (tertiary/aromatic N) is 1. The van der Waals surface area contributed by atoms with Crippen molar-refractivity contribution in [3.05, 3.63) is 29.8 Å². The van der Waals surface area contributed by atoms with Crippen LogP contribution in [0.25, 0.3) is 0 Å². The Morgan fingerprint density at radius 2 is 2.09 bits per heavy atom. The summed E-state index contributed by atoms with van der Waals surface area (Å²) in [5.74, 6) is -1.75. The van der Waals surface area contributed by atoms with E-state index in [0.717, 1.165) is 25.2 Å². The van der Waals surface area contributed by atoms with Crippen LogP contribution in [0.2, 0.25) is 0 Å². The molecule has 0 saturated carbocycles. The summed E-state index contributed by atoms with van der Waals surface area (Å²) in [5, 5.41) is 0. The molecule has 0 radical (unpaired) electrons. The monoisotopic (exact) mass is 348 g/mol. The van der Waals surface area contributed by atoms with Crippen molar-refractivity contribution in [3.8, 4) is 0 Å². The van der Waals surface area contributed by atoms with Crippen molar-refractivity contribution in [2.24, 2.45) is 5.92 Å². The first kappa shape index (κ1) is 18.3. The van der Waals surface area contributed by atoms with Crippen molar-refractivity contribution in [2.45, 2.75) is 24.8 Å². The van der Waals surface area contributed by atoms with Crippen LogP contribution < -0.4 is 4.72 Å². The lowest BCUT2D eigenvalue weighted by atomic mass is 10.2. The molecule has 23 heavy (non-hydrogen) atoms. The van der Waals surface area contributed by atoms with E-state index in [4.69, 9.17) is 4.74 Å². The molecule has 0 aromatic heterocycles. The number of hydrogen-bond donors (Lipinski definition) is 1. The van der Waals surface area contributed by atoms with Gasteiger partial charge in [0.05, 0.1) is 17.6 Å². The van der Waals surface area contributed by atoms with E-state index in [9.17, 15) is 17.2 Å².